The average Bonchev–Trinajstić information content (AvgIpc) is 3.35. The maximum atomic E-state index is 12.4. The number of methoxy groups -OCH3 is 2. The molecule has 2 aromatic carbocycles. The molecule has 1 amide bonds. The van der Waals surface area contributed by atoms with E-state index in [1.54, 1.807) is 74.2 Å². The zero-order chi connectivity index (χ0) is 26.2. The van der Waals surface area contributed by atoms with Gasteiger partial charge in [0.05, 0.1) is 27.4 Å². The molecule has 1 N–H and O–H groups in total. The highest BCUT2D eigenvalue weighted by Gasteiger charge is 2.15. The van der Waals surface area contributed by atoms with Crippen molar-refractivity contribution >= 4 is 11.6 Å². The molecule has 0 saturated heterocycles. The molecule has 4 aromatic rings. The molecule has 2 aromatic heterocycles. The van der Waals surface area contributed by atoms with Crippen molar-refractivity contribution in [2.45, 2.75) is 20.0 Å². The number of benzene rings is 2. The zero-order valence-electron chi connectivity index (χ0n) is 21.1. The minimum absolute atomic E-state index is 0.216. The summed E-state index contributed by atoms with van der Waals surface area (Å²) < 4.78 is 29.1. The van der Waals surface area contributed by atoms with E-state index in [9.17, 15) is 4.79 Å². The number of fused-ring (bicyclic) bond motifs is 1. The SMILES string of the molecule is CCOc1ccc(OC(C)C(=O)NCCOc2ccc3nnc(-c4ccc(OC)c(OC)c4)n3n2)cc1. The molecule has 0 radical (unpaired) electrons. The van der Waals surface area contributed by atoms with E-state index in [1.165, 1.54) is 0 Å². The third-order valence-corrected chi connectivity index (χ3v) is 5.35. The summed E-state index contributed by atoms with van der Waals surface area (Å²) in [6, 6.07) is 16.0. The molecule has 0 aliphatic heterocycles. The second kappa shape index (κ2) is 11.9. The lowest BCUT2D eigenvalue weighted by Crippen LogP contribution is -2.38. The van der Waals surface area contributed by atoms with Crippen molar-refractivity contribution in [3.05, 3.63) is 54.6 Å². The summed E-state index contributed by atoms with van der Waals surface area (Å²) in [4.78, 5) is 12.4. The number of rotatable bonds is 12. The highest BCUT2D eigenvalue weighted by Crippen LogP contribution is 2.31. The number of nitrogens with one attached hydrogen (secondary N) is 1. The van der Waals surface area contributed by atoms with Crippen LogP contribution in [-0.4, -0.2) is 65.8 Å². The van der Waals surface area contributed by atoms with Crippen LogP contribution in [0.1, 0.15) is 13.8 Å². The number of hydrogen-bond donors (Lipinski definition) is 1. The maximum absolute atomic E-state index is 12.4. The fourth-order valence-corrected chi connectivity index (χ4v) is 3.52. The van der Waals surface area contributed by atoms with Gasteiger partial charge in [0.1, 0.15) is 18.1 Å². The number of aromatic nitrogens is 4. The number of carbonyl (C=O) groups is 1. The van der Waals surface area contributed by atoms with E-state index in [1.807, 2.05) is 13.0 Å². The highest BCUT2D eigenvalue weighted by molar-refractivity contribution is 5.80. The third-order valence-electron chi connectivity index (χ3n) is 5.35. The Morgan fingerprint density at radius 2 is 1.70 bits per heavy atom. The smallest absolute Gasteiger partial charge is 0.260 e. The van der Waals surface area contributed by atoms with Crippen LogP contribution in [0.3, 0.4) is 0 Å². The Morgan fingerprint density at radius 1 is 0.946 bits per heavy atom. The van der Waals surface area contributed by atoms with Gasteiger partial charge in [0, 0.05) is 11.6 Å². The number of nitrogens with zero attached hydrogens (tertiary/aromatic N) is 4. The van der Waals surface area contributed by atoms with Gasteiger partial charge in [-0.1, -0.05) is 0 Å². The average molecular weight is 508 g/mol. The summed E-state index contributed by atoms with van der Waals surface area (Å²) in [6.07, 6.45) is -0.673. The van der Waals surface area contributed by atoms with Crippen LogP contribution in [0.25, 0.3) is 17.0 Å². The van der Waals surface area contributed by atoms with E-state index in [-0.39, 0.29) is 19.1 Å². The Bertz CT molecular complexity index is 1340. The molecule has 0 aliphatic rings. The first kappa shape index (κ1) is 25.5. The summed E-state index contributed by atoms with van der Waals surface area (Å²) >= 11 is 0. The van der Waals surface area contributed by atoms with Crippen molar-refractivity contribution in [1.82, 2.24) is 25.1 Å². The van der Waals surface area contributed by atoms with Gasteiger partial charge in [0.2, 0.25) is 5.88 Å². The van der Waals surface area contributed by atoms with Crippen molar-refractivity contribution in [3.63, 3.8) is 0 Å². The molecule has 1 unspecified atom stereocenters. The molecular weight excluding hydrogens is 478 g/mol. The lowest BCUT2D eigenvalue weighted by molar-refractivity contribution is -0.127. The lowest BCUT2D eigenvalue weighted by Gasteiger charge is -2.15. The fraction of sp³-hybridized carbons (Fsp3) is 0.308. The van der Waals surface area contributed by atoms with Crippen LogP contribution >= 0.6 is 0 Å². The molecule has 11 nitrogen and oxygen atoms in total. The van der Waals surface area contributed by atoms with Crippen LogP contribution < -0.4 is 29.0 Å². The van der Waals surface area contributed by atoms with E-state index in [4.69, 9.17) is 23.7 Å². The topological polar surface area (TPSA) is 118 Å². The van der Waals surface area contributed by atoms with Crippen molar-refractivity contribution in [3.8, 4) is 40.3 Å². The van der Waals surface area contributed by atoms with Gasteiger partial charge in [-0.15, -0.1) is 15.3 Å². The molecule has 1 atom stereocenters. The minimum atomic E-state index is -0.673. The molecular formula is C26H29N5O6. The van der Waals surface area contributed by atoms with E-state index in [0.29, 0.717) is 41.2 Å². The van der Waals surface area contributed by atoms with Gasteiger partial charge in [0.25, 0.3) is 5.91 Å². The van der Waals surface area contributed by atoms with Crippen LogP contribution in [-0.2, 0) is 4.79 Å². The van der Waals surface area contributed by atoms with E-state index >= 15 is 0 Å². The maximum Gasteiger partial charge on any atom is 0.260 e. The predicted octanol–water partition coefficient (Wildman–Crippen LogP) is 3.17. The Hall–Kier alpha value is -4.54. The van der Waals surface area contributed by atoms with Crippen molar-refractivity contribution in [2.75, 3.05) is 34.0 Å². The first-order chi connectivity index (χ1) is 18.0. The zero-order valence-corrected chi connectivity index (χ0v) is 21.1. The Labute approximate surface area is 214 Å². The summed E-state index contributed by atoms with van der Waals surface area (Å²) in [5.41, 5.74) is 1.31. The van der Waals surface area contributed by atoms with Gasteiger partial charge in [-0.2, -0.15) is 4.52 Å². The summed E-state index contributed by atoms with van der Waals surface area (Å²) in [5.74, 6) is 3.14. The number of amides is 1. The van der Waals surface area contributed by atoms with Gasteiger partial charge in [-0.05, 0) is 62.4 Å². The van der Waals surface area contributed by atoms with Crippen LogP contribution in [0.2, 0.25) is 0 Å². The van der Waals surface area contributed by atoms with Crippen LogP contribution in [0.5, 0.6) is 28.9 Å². The van der Waals surface area contributed by atoms with Gasteiger partial charge in [-0.25, -0.2) is 0 Å². The molecule has 0 saturated carbocycles. The van der Waals surface area contributed by atoms with E-state index < -0.39 is 6.10 Å². The Morgan fingerprint density at radius 3 is 2.43 bits per heavy atom. The monoisotopic (exact) mass is 507 g/mol. The standard InChI is InChI=1S/C26H29N5O6/c1-5-35-19-7-9-20(10-8-19)37-17(2)26(32)27-14-15-36-24-13-12-23-28-29-25(31(23)30-24)18-6-11-21(33-3)22(16-18)34-4/h6-13,16-17H,5,14-15H2,1-4H3,(H,27,32). The molecule has 4 rings (SSSR count). The summed E-state index contributed by atoms with van der Waals surface area (Å²) in [6.45, 7) is 4.68. The summed E-state index contributed by atoms with van der Waals surface area (Å²) in [7, 11) is 3.15. The number of carbonyl (C=O) groups excluding carboxylic acids is 1. The highest BCUT2D eigenvalue weighted by atomic mass is 16.5. The van der Waals surface area contributed by atoms with Gasteiger partial charge in [0.15, 0.2) is 29.1 Å². The number of hydrogen-bond acceptors (Lipinski definition) is 9. The Kier molecular flexibility index (Phi) is 8.24. The van der Waals surface area contributed by atoms with Crippen LogP contribution in [0.4, 0.5) is 0 Å². The van der Waals surface area contributed by atoms with Crippen LogP contribution in [0, 0.1) is 0 Å². The molecule has 0 spiro atoms. The molecule has 37 heavy (non-hydrogen) atoms. The van der Waals surface area contributed by atoms with Crippen molar-refractivity contribution in [1.29, 1.82) is 0 Å². The van der Waals surface area contributed by atoms with E-state index in [0.717, 1.165) is 11.3 Å². The fourth-order valence-electron chi connectivity index (χ4n) is 3.52. The predicted molar refractivity (Wildman–Crippen MR) is 136 cm³/mol. The number of ether oxygens (including phenoxy) is 5. The molecule has 0 bridgehead atoms. The Balaban J connectivity index is 1.32. The second-order valence-electron chi connectivity index (χ2n) is 7.84. The second-order valence-corrected chi connectivity index (χ2v) is 7.84. The molecule has 2 heterocycles. The molecule has 0 fully saturated rings. The first-order valence-corrected chi connectivity index (χ1v) is 11.8. The quantitative estimate of drug-likeness (QED) is 0.288. The largest absolute Gasteiger partial charge is 0.494 e. The molecule has 11 heteroatoms. The normalized spacial score (nSPS) is 11.6. The van der Waals surface area contributed by atoms with Crippen LogP contribution in [0.15, 0.2) is 54.6 Å². The minimum Gasteiger partial charge on any atom is -0.494 e. The third kappa shape index (κ3) is 6.18. The summed E-state index contributed by atoms with van der Waals surface area (Å²) in [5, 5.41) is 15.7. The first-order valence-electron chi connectivity index (χ1n) is 11.8. The van der Waals surface area contributed by atoms with Gasteiger partial charge in [-0.3, -0.25) is 4.79 Å². The van der Waals surface area contributed by atoms with Crippen molar-refractivity contribution < 1.29 is 28.5 Å². The molecule has 0 aliphatic carbocycles. The van der Waals surface area contributed by atoms with E-state index in [2.05, 4.69) is 20.6 Å². The van der Waals surface area contributed by atoms with Crippen molar-refractivity contribution in [2.24, 2.45) is 0 Å². The lowest BCUT2D eigenvalue weighted by atomic mass is 10.2. The molecule has 194 valence electrons. The van der Waals surface area contributed by atoms with Gasteiger partial charge >= 0.3 is 0 Å². The van der Waals surface area contributed by atoms with Gasteiger partial charge < -0.3 is 29.0 Å².